The fourth-order valence-electron chi connectivity index (χ4n) is 5.91. The lowest BCUT2D eigenvalue weighted by molar-refractivity contribution is -0.154. The summed E-state index contributed by atoms with van der Waals surface area (Å²) >= 11 is 3.04. The first kappa shape index (κ1) is 40.1. The molecule has 3 N–H and O–H groups in total. The van der Waals surface area contributed by atoms with Crippen LogP contribution in [0.15, 0.2) is 77.8 Å². The summed E-state index contributed by atoms with van der Waals surface area (Å²) < 4.78 is 11.2. The van der Waals surface area contributed by atoms with Gasteiger partial charge in [-0.1, -0.05) is 74.5 Å². The Morgan fingerprint density at radius 2 is 1.51 bits per heavy atom. The van der Waals surface area contributed by atoms with Crippen LogP contribution in [0.5, 0.6) is 0 Å². The highest BCUT2D eigenvalue weighted by Crippen LogP contribution is 2.21. The highest BCUT2D eigenvalue weighted by molar-refractivity contribution is 7.09. The highest BCUT2D eigenvalue weighted by Gasteiger charge is 2.35. The molecule has 0 radical (unpaired) electrons. The number of rotatable bonds is 20. The number of benzene rings is 2. The van der Waals surface area contributed by atoms with E-state index >= 15 is 0 Å². The molecule has 11 nitrogen and oxygen atoms in total. The summed E-state index contributed by atoms with van der Waals surface area (Å²) in [6, 6.07) is 18.7. The Morgan fingerprint density at radius 1 is 0.902 bits per heavy atom. The van der Waals surface area contributed by atoms with Gasteiger partial charge in [-0.05, 0) is 57.8 Å². The lowest BCUT2D eigenvalue weighted by Gasteiger charge is -2.38. The van der Waals surface area contributed by atoms with Gasteiger partial charge >= 0.3 is 6.09 Å². The largest absolute Gasteiger partial charge is 0.444 e. The number of aliphatic hydroxyl groups excluding tert-OH is 1. The molecule has 13 heteroatoms. The minimum atomic E-state index is -1.08. The Hall–Kier alpha value is -3.72. The lowest BCUT2D eigenvalue weighted by Crippen LogP contribution is -2.59. The van der Waals surface area contributed by atoms with Gasteiger partial charge in [-0.25, -0.2) is 9.78 Å². The molecule has 0 spiro atoms. The average Bonchev–Trinajstić information content (AvgIpc) is 3.83. The van der Waals surface area contributed by atoms with Crippen LogP contribution < -0.4 is 10.6 Å². The Kier molecular flexibility index (Phi) is 16.0. The molecule has 276 valence electrons. The third kappa shape index (κ3) is 12.8. The first-order valence-corrected chi connectivity index (χ1v) is 19.1. The molecule has 4 rings (SSSR count). The third-order valence-corrected chi connectivity index (χ3v) is 10.7. The molecule has 2 aromatic heterocycles. The predicted octanol–water partition coefficient (Wildman–Crippen LogP) is 5.81. The van der Waals surface area contributed by atoms with Gasteiger partial charge in [0.15, 0.2) is 6.35 Å². The quantitative estimate of drug-likeness (QED) is 0.0964. The number of nitrogens with zero attached hydrogens (tertiary/aromatic N) is 4. The number of hydrogen-bond acceptors (Lipinski definition) is 11. The molecule has 5 atom stereocenters. The van der Waals surface area contributed by atoms with Gasteiger partial charge in [0.05, 0.1) is 27.2 Å². The number of hydrogen-bond donors (Lipinski definition) is 3. The van der Waals surface area contributed by atoms with Crippen LogP contribution in [0.3, 0.4) is 0 Å². The van der Waals surface area contributed by atoms with E-state index in [1.807, 2.05) is 80.0 Å². The van der Waals surface area contributed by atoms with E-state index in [0.29, 0.717) is 38.1 Å². The maximum Gasteiger partial charge on any atom is 0.407 e. The average molecular weight is 737 g/mol. The number of aromatic nitrogens is 2. The molecule has 0 saturated carbocycles. The van der Waals surface area contributed by atoms with Crippen molar-refractivity contribution in [1.82, 2.24) is 30.4 Å². The second-order valence-corrected chi connectivity index (χ2v) is 15.1. The SMILES string of the molecule is COC(C)C(C(=O)N[C@@H](CCC(Cc1ccccc1)NC(=O)OCc1cncs1)Cc1ccccc1)N(C)C(O)N(C)Cc1csc(C(C)C)n1. The highest BCUT2D eigenvalue weighted by atomic mass is 32.1. The van der Waals surface area contributed by atoms with Gasteiger partial charge < -0.3 is 25.2 Å². The topological polar surface area (TPSA) is 129 Å². The minimum absolute atomic E-state index is 0.150. The van der Waals surface area contributed by atoms with Crippen LogP contribution in [0.1, 0.15) is 66.2 Å². The van der Waals surface area contributed by atoms with Crippen molar-refractivity contribution < 1.29 is 24.2 Å². The van der Waals surface area contributed by atoms with E-state index in [0.717, 1.165) is 26.7 Å². The first-order valence-electron chi connectivity index (χ1n) is 17.3. The molecule has 0 aliphatic carbocycles. The number of alkyl carbamates (subject to hydrolysis) is 1. The minimum Gasteiger partial charge on any atom is -0.444 e. The lowest BCUT2D eigenvalue weighted by atomic mass is 9.95. The number of carbonyl (C=O) groups excluding carboxylic acids is 2. The van der Waals surface area contributed by atoms with Gasteiger partial charge in [0.25, 0.3) is 0 Å². The zero-order chi connectivity index (χ0) is 36.8. The number of amides is 2. The van der Waals surface area contributed by atoms with Gasteiger partial charge in [-0.3, -0.25) is 19.6 Å². The number of ether oxygens (including phenoxy) is 2. The summed E-state index contributed by atoms with van der Waals surface area (Å²) in [5, 5.41) is 20.8. The smallest absolute Gasteiger partial charge is 0.407 e. The summed E-state index contributed by atoms with van der Waals surface area (Å²) in [6.45, 7) is 6.61. The predicted molar refractivity (Wildman–Crippen MR) is 202 cm³/mol. The van der Waals surface area contributed by atoms with Crippen molar-refractivity contribution in [3.05, 3.63) is 104 Å². The Labute approximate surface area is 310 Å². The van der Waals surface area contributed by atoms with Crippen LogP contribution in [0, 0.1) is 0 Å². The van der Waals surface area contributed by atoms with E-state index in [4.69, 9.17) is 14.5 Å². The fraction of sp³-hybridized carbons (Fsp3) is 0.474. The summed E-state index contributed by atoms with van der Waals surface area (Å²) in [4.78, 5) is 40.1. The summed E-state index contributed by atoms with van der Waals surface area (Å²) in [6.07, 6.45) is 1.93. The number of carbonyl (C=O) groups is 2. The van der Waals surface area contributed by atoms with Crippen molar-refractivity contribution in [2.24, 2.45) is 0 Å². The number of aliphatic hydroxyl groups is 1. The fourth-order valence-corrected chi connectivity index (χ4v) is 7.24. The van der Waals surface area contributed by atoms with Crippen LogP contribution in [0.2, 0.25) is 0 Å². The van der Waals surface area contributed by atoms with Crippen molar-refractivity contribution in [3.63, 3.8) is 0 Å². The number of likely N-dealkylation sites (N-methyl/N-ethyl adjacent to an activating group) is 1. The van der Waals surface area contributed by atoms with Gasteiger partial charge in [0.1, 0.15) is 12.6 Å². The van der Waals surface area contributed by atoms with Crippen molar-refractivity contribution >= 4 is 34.7 Å². The molecule has 0 saturated heterocycles. The standard InChI is InChI=1S/C38H52N6O5S2/c1-26(2)36-41-32(24-50-36)22-43(4)38(47)44(5)34(27(3)48-6)35(45)40-30(19-28-13-9-7-10-14-28)17-18-31(20-29-15-11-8-12-16-29)42-37(46)49-23-33-21-39-25-51-33/h7-16,21,24-27,30-31,34,38,47H,17-20,22-23H2,1-6H3,(H,40,45)(H,42,46)/t27?,30-,31?,34?,38?/m0/s1. The number of nitrogens with one attached hydrogen (secondary N) is 2. The summed E-state index contributed by atoms with van der Waals surface area (Å²) in [5.41, 5.74) is 4.73. The third-order valence-electron chi connectivity index (χ3n) is 8.77. The van der Waals surface area contributed by atoms with Crippen molar-refractivity contribution in [2.75, 3.05) is 21.2 Å². The molecule has 0 bridgehead atoms. The molecule has 0 fully saturated rings. The molecule has 2 aromatic carbocycles. The Bertz CT molecular complexity index is 1590. The zero-order valence-electron chi connectivity index (χ0n) is 30.4. The van der Waals surface area contributed by atoms with Crippen LogP contribution >= 0.6 is 22.7 Å². The second kappa shape index (κ2) is 20.4. The van der Waals surface area contributed by atoms with Crippen molar-refractivity contribution in [2.45, 2.75) is 96.1 Å². The van der Waals surface area contributed by atoms with E-state index in [1.54, 1.807) is 47.0 Å². The van der Waals surface area contributed by atoms with E-state index in [9.17, 15) is 14.7 Å². The van der Waals surface area contributed by atoms with Crippen molar-refractivity contribution in [3.8, 4) is 0 Å². The number of thiazole rings is 2. The molecule has 2 heterocycles. The van der Waals surface area contributed by atoms with Crippen LogP contribution in [-0.2, 0) is 40.3 Å². The normalized spacial score (nSPS) is 14.6. The van der Waals surface area contributed by atoms with E-state index in [-0.39, 0.29) is 24.6 Å². The molecular weight excluding hydrogens is 685 g/mol. The second-order valence-electron chi connectivity index (χ2n) is 13.2. The van der Waals surface area contributed by atoms with Gasteiger partial charge in [-0.2, -0.15) is 0 Å². The Balaban J connectivity index is 1.48. The van der Waals surface area contributed by atoms with E-state index in [2.05, 4.69) is 29.5 Å². The molecule has 0 aliphatic heterocycles. The van der Waals surface area contributed by atoms with Gasteiger partial charge in [0.2, 0.25) is 5.91 Å². The molecular formula is C38H52N6O5S2. The van der Waals surface area contributed by atoms with Crippen molar-refractivity contribution in [1.29, 1.82) is 0 Å². The maximum absolute atomic E-state index is 14.2. The van der Waals surface area contributed by atoms with Crippen LogP contribution in [-0.4, -0.2) is 88.7 Å². The van der Waals surface area contributed by atoms with Gasteiger partial charge in [0, 0.05) is 43.2 Å². The molecule has 0 aliphatic rings. The summed E-state index contributed by atoms with van der Waals surface area (Å²) in [5.74, 6) is 0.0704. The monoisotopic (exact) mass is 736 g/mol. The molecule has 4 aromatic rings. The molecule has 2 amide bonds. The number of methoxy groups -OCH3 is 1. The Morgan fingerprint density at radius 3 is 2.04 bits per heavy atom. The molecule has 51 heavy (non-hydrogen) atoms. The first-order chi connectivity index (χ1) is 24.5. The van der Waals surface area contributed by atoms with Gasteiger partial charge in [-0.15, -0.1) is 22.7 Å². The van der Waals surface area contributed by atoms with Crippen LogP contribution in [0.4, 0.5) is 4.79 Å². The van der Waals surface area contributed by atoms with E-state index in [1.165, 1.54) is 11.3 Å². The molecule has 4 unspecified atom stereocenters. The van der Waals surface area contributed by atoms with Crippen LogP contribution in [0.25, 0.3) is 0 Å². The zero-order valence-corrected chi connectivity index (χ0v) is 32.0. The maximum atomic E-state index is 14.2. The summed E-state index contributed by atoms with van der Waals surface area (Å²) in [7, 11) is 5.10. The van der Waals surface area contributed by atoms with E-state index < -0.39 is 24.6 Å².